The van der Waals surface area contributed by atoms with Gasteiger partial charge >= 0.3 is 19.5 Å². The third kappa shape index (κ3) is 18.4. The van der Waals surface area contributed by atoms with Gasteiger partial charge in [-0.3, -0.25) is 13.2 Å². The van der Waals surface area contributed by atoms with Crippen LogP contribution in [0, 0.1) is 0 Å². The molecule has 0 fully saturated rings. The van der Waals surface area contributed by atoms with Gasteiger partial charge in [-0.1, -0.05) is 6.07 Å². The summed E-state index contributed by atoms with van der Waals surface area (Å²) in [5.74, 6) is 0. The van der Waals surface area contributed by atoms with E-state index >= 15 is 0 Å². The van der Waals surface area contributed by atoms with Gasteiger partial charge in [-0.2, -0.15) is 0 Å². The molecule has 0 aromatic carbocycles. The molecule has 0 bridgehead atoms. The van der Waals surface area contributed by atoms with Crippen LogP contribution >= 0.6 is 0 Å². The van der Waals surface area contributed by atoms with E-state index in [0.29, 0.717) is 0 Å². The fraction of sp³-hybridized carbons (Fsp3) is 0. The van der Waals surface area contributed by atoms with Crippen molar-refractivity contribution in [3.05, 3.63) is 34.7 Å². The molecule has 13 heavy (non-hydrogen) atoms. The molecule has 0 unspecified atom stereocenters. The van der Waals surface area contributed by atoms with Gasteiger partial charge in [0.25, 0.3) is 0 Å². The van der Waals surface area contributed by atoms with Crippen molar-refractivity contribution in [1.82, 2.24) is 4.98 Å². The predicted octanol–water partition coefficient (Wildman–Crippen LogP) is -0.966. The van der Waals surface area contributed by atoms with Gasteiger partial charge in [-0.25, -0.2) is 0 Å². The molecule has 0 saturated carbocycles. The number of hydrogen-bond acceptors (Lipinski definition) is 5. The van der Waals surface area contributed by atoms with Crippen LogP contribution in [0.4, 0.5) is 0 Å². The van der Waals surface area contributed by atoms with Gasteiger partial charge in [0.15, 0.2) is 0 Å². The molecule has 0 amide bonds. The molecule has 0 atom stereocenters. The molecular weight excluding hydrogens is 252 g/mol. The van der Waals surface area contributed by atoms with Gasteiger partial charge < -0.3 is 14.1 Å². The smallest absolute Gasteiger partial charge is 0.759 e. The number of rotatable bonds is 0. The molecule has 1 aromatic heterocycles. The van der Waals surface area contributed by atoms with Gasteiger partial charge in [0.05, 0.1) is 0 Å². The molecular formula is C5H5NO5SZn. The molecule has 6 nitrogen and oxygen atoms in total. The Balaban J connectivity index is 0. The van der Waals surface area contributed by atoms with Crippen LogP contribution in [0.5, 0.6) is 0 Å². The zero-order chi connectivity index (χ0) is 9.61. The third-order valence-electron chi connectivity index (χ3n) is 0.681. The molecule has 0 spiro atoms. The molecule has 0 aliphatic carbocycles. The zero-order valence-electron chi connectivity index (χ0n) is 6.47. The van der Waals surface area contributed by atoms with Crippen molar-refractivity contribution in [2.75, 3.05) is 0 Å². The summed E-state index contributed by atoms with van der Waals surface area (Å²) in [6, 6.07) is 4.93. The second-order valence-electron chi connectivity index (χ2n) is 1.64. The first kappa shape index (κ1) is 14.9. The quantitative estimate of drug-likeness (QED) is 0.365. The normalized spacial score (nSPS) is 9.08. The first-order valence-corrected chi connectivity index (χ1v) is 4.03. The number of nitrogens with one attached hydrogen (secondary N) is 1. The molecule has 0 saturated heterocycles. The van der Waals surface area contributed by atoms with Crippen LogP contribution < -0.4 is 5.56 Å². The first-order chi connectivity index (χ1) is 5.39. The Hall–Kier alpha value is -0.557. The van der Waals surface area contributed by atoms with Gasteiger partial charge in [-0.05, 0) is 6.07 Å². The van der Waals surface area contributed by atoms with Gasteiger partial charge in [0, 0.05) is 22.7 Å². The Morgan fingerprint density at radius 2 is 1.69 bits per heavy atom. The summed E-state index contributed by atoms with van der Waals surface area (Å²) in [7, 11) is -5.17. The van der Waals surface area contributed by atoms with Gasteiger partial charge in [0.1, 0.15) is 0 Å². The topological polar surface area (TPSA) is 113 Å². The number of aromatic nitrogens is 1. The van der Waals surface area contributed by atoms with Crippen LogP contribution in [-0.2, 0) is 29.9 Å². The predicted molar refractivity (Wildman–Crippen MR) is 37.5 cm³/mol. The maximum atomic E-state index is 10.2. The van der Waals surface area contributed by atoms with Crippen LogP contribution in [0.2, 0.25) is 0 Å². The van der Waals surface area contributed by atoms with Crippen molar-refractivity contribution in [2.24, 2.45) is 0 Å². The molecule has 1 rings (SSSR count). The maximum absolute atomic E-state index is 10.2. The Morgan fingerprint density at radius 1 is 1.23 bits per heavy atom. The van der Waals surface area contributed by atoms with Crippen molar-refractivity contribution in [2.45, 2.75) is 0 Å². The van der Waals surface area contributed by atoms with Crippen molar-refractivity contribution in [3.63, 3.8) is 0 Å². The number of pyridine rings is 1. The monoisotopic (exact) mass is 255 g/mol. The molecule has 68 valence electrons. The van der Waals surface area contributed by atoms with Crippen LogP contribution in [-0.4, -0.2) is 22.5 Å². The van der Waals surface area contributed by atoms with E-state index in [2.05, 4.69) is 4.98 Å². The van der Waals surface area contributed by atoms with E-state index in [4.69, 9.17) is 17.5 Å². The van der Waals surface area contributed by atoms with Crippen molar-refractivity contribution >= 4 is 10.4 Å². The van der Waals surface area contributed by atoms with Gasteiger partial charge in [0.2, 0.25) is 5.56 Å². The van der Waals surface area contributed by atoms with Crippen LogP contribution in [0.15, 0.2) is 29.2 Å². The maximum Gasteiger partial charge on any atom is 2.00 e. The zero-order valence-corrected chi connectivity index (χ0v) is 10.2. The average Bonchev–Trinajstić information content (AvgIpc) is 1.85. The average molecular weight is 257 g/mol. The minimum absolute atomic E-state index is 0. The fourth-order valence-corrected chi connectivity index (χ4v) is 0.377. The molecule has 0 radical (unpaired) electrons. The fourth-order valence-electron chi connectivity index (χ4n) is 0.377. The number of hydrogen-bond donors (Lipinski definition) is 1. The van der Waals surface area contributed by atoms with Crippen molar-refractivity contribution in [3.8, 4) is 0 Å². The van der Waals surface area contributed by atoms with E-state index in [-0.39, 0.29) is 25.0 Å². The molecule has 1 aromatic rings. The number of aromatic amines is 1. The minimum Gasteiger partial charge on any atom is -0.759 e. The van der Waals surface area contributed by atoms with E-state index in [1.165, 1.54) is 6.07 Å². The van der Waals surface area contributed by atoms with Crippen LogP contribution in [0.25, 0.3) is 0 Å². The summed E-state index contributed by atoms with van der Waals surface area (Å²) in [5, 5.41) is 0. The van der Waals surface area contributed by atoms with E-state index in [9.17, 15) is 4.79 Å². The second kappa shape index (κ2) is 6.91. The van der Waals surface area contributed by atoms with Crippen molar-refractivity contribution < 1.29 is 37.0 Å². The Kier molecular flexibility index (Phi) is 7.94. The summed E-state index contributed by atoms with van der Waals surface area (Å²) in [5.41, 5.74) is -0.0532. The van der Waals surface area contributed by atoms with Crippen molar-refractivity contribution in [1.29, 1.82) is 0 Å². The van der Waals surface area contributed by atoms with Gasteiger partial charge in [-0.15, -0.1) is 0 Å². The largest absolute Gasteiger partial charge is 2.00 e. The standard InChI is InChI=1S/C5H5NO.H2O4S.Zn/c7-5-3-1-2-4-6-5;1-5(2,3)4;/h1-4H,(H,6,7);(H2,1,2,3,4);/q;;+2/p-2. The first-order valence-electron chi connectivity index (χ1n) is 2.70. The molecule has 8 heteroatoms. The summed E-state index contributed by atoms with van der Waals surface area (Å²) < 4.78 is 34.1. The summed E-state index contributed by atoms with van der Waals surface area (Å²) in [6.07, 6.45) is 1.60. The summed E-state index contributed by atoms with van der Waals surface area (Å²) >= 11 is 0. The molecule has 1 heterocycles. The summed E-state index contributed by atoms with van der Waals surface area (Å²) in [4.78, 5) is 12.7. The van der Waals surface area contributed by atoms with E-state index < -0.39 is 10.4 Å². The second-order valence-corrected chi connectivity index (χ2v) is 2.45. The third-order valence-corrected chi connectivity index (χ3v) is 0.681. The molecule has 0 aliphatic heterocycles. The van der Waals surface area contributed by atoms with E-state index in [1.54, 1.807) is 18.3 Å². The SMILES string of the molecule is O=S(=O)([O-])[O-].O=c1cccc[nH]1.[Zn+2]. The Labute approximate surface area is 87.3 Å². The molecule has 1 N–H and O–H groups in total. The minimum atomic E-state index is -5.17. The number of H-pyrrole nitrogens is 1. The van der Waals surface area contributed by atoms with Crippen LogP contribution in [0.3, 0.4) is 0 Å². The Bertz CT molecular complexity index is 347. The van der Waals surface area contributed by atoms with Crippen LogP contribution in [0.1, 0.15) is 0 Å². The summed E-state index contributed by atoms with van der Waals surface area (Å²) in [6.45, 7) is 0. The Morgan fingerprint density at radius 3 is 1.85 bits per heavy atom. The molecule has 0 aliphatic rings. The van der Waals surface area contributed by atoms with E-state index in [0.717, 1.165) is 0 Å². The van der Waals surface area contributed by atoms with E-state index in [1.807, 2.05) is 0 Å².